The van der Waals surface area contributed by atoms with Gasteiger partial charge in [-0.25, -0.2) is 0 Å². The minimum absolute atomic E-state index is 0.415. The van der Waals surface area contributed by atoms with Gasteiger partial charge in [0, 0.05) is 30.4 Å². The van der Waals surface area contributed by atoms with Crippen molar-refractivity contribution in [2.24, 2.45) is 11.7 Å². The van der Waals surface area contributed by atoms with Crippen LogP contribution < -0.4 is 5.73 Å². The fourth-order valence-electron chi connectivity index (χ4n) is 2.50. The van der Waals surface area contributed by atoms with Gasteiger partial charge in [0.1, 0.15) is 0 Å². The van der Waals surface area contributed by atoms with Crippen molar-refractivity contribution in [2.75, 3.05) is 18.8 Å². The van der Waals surface area contributed by atoms with Gasteiger partial charge in [-0.1, -0.05) is 13.8 Å². The third-order valence-electron chi connectivity index (χ3n) is 3.50. The monoisotopic (exact) mass is 200 g/mol. The van der Waals surface area contributed by atoms with E-state index in [4.69, 9.17) is 5.73 Å². The van der Waals surface area contributed by atoms with Crippen molar-refractivity contribution in [3.8, 4) is 0 Å². The summed E-state index contributed by atoms with van der Waals surface area (Å²) >= 11 is 2.11. The summed E-state index contributed by atoms with van der Waals surface area (Å²) in [7, 11) is 0. The van der Waals surface area contributed by atoms with Gasteiger partial charge in [0.15, 0.2) is 0 Å². The first-order chi connectivity index (χ1) is 6.18. The molecule has 2 N–H and O–H groups in total. The summed E-state index contributed by atoms with van der Waals surface area (Å²) in [5.74, 6) is 2.03. The third-order valence-corrected chi connectivity index (χ3v) is 4.82. The number of nitrogens with two attached hydrogens (primary N) is 1. The van der Waals surface area contributed by atoms with Crippen LogP contribution in [0.5, 0.6) is 0 Å². The molecule has 2 aliphatic heterocycles. The molecule has 0 aliphatic carbocycles. The fraction of sp³-hybridized carbons (Fsp3) is 1.00. The number of rotatable bonds is 1. The minimum Gasteiger partial charge on any atom is -0.326 e. The number of nitrogens with zero attached hydrogens (tertiary/aromatic N) is 1. The van der Waals surface area contributed by atoms with E-state index in [2.05, 4.69) is 30.5 Å². The van der Waals surface area contributed by atoms with E-state index in [0.29, 0.717) is 12.0 Å². The van der Waals surface area contributed by atoms with Crippen LogP contribution in [0.2, 0.25) is 0 Å². The Morgan fingerprint density at radius 1 is 1.31 bits per heavy atom. The van der Waals surface area contributed by atoms with Gasteiger partial charge in [0.2, 0.25) is 0 Å². The largest absolute Gasteiger partial charge is 0.326 e. The Balaban J connectivity index is 1.95. The number of hydrogen-bond acceptors (Lipinski definition) is 3. The average Bonchev–Trinajstić information content (AvgIpc) is 2.60. The van der Waals surface area contributed by atoms with Crippen LogP contribution in [0, 0.1) is 5.92 Å². The van der Waals surface area contributed by atoms with Gasteiger partial charge in [-0.2, -0.15) is 11.8 Å². The Bertz CT molecular complexity index is 176. The molecule has 2 saturated heterocycles. The van der Waals surface area contributed by atoms with Crippen molar-refractivity contribution in [3.63, 3.8) is 0 Å². The lowest BCUT2D eigenvalue weighted by Crippen LogP contribution is -2.38. The summed E-state index contributed by atoms with van der Waals surface area (Å²) < 4.78 is 0. The van der Waals surface area contributed by atoms with E-state index in [9.17, 15) is 0 Å². The van der Waals surface area contributed by atoms with Crippen molar-refractivity contribution in [3.05, 3.63) is 0 Å². The van der Waals surface area contributed by atoms with Crippen LogP contribution in [0.15, 0.2) is 0 Å². The molecule has 0 aromatic carbocycles. The van der Waals surface area contributed by atoms with E-state index >= 15 is 0 Å². The lowest BCUT2D eigenvalue weighted by Gasteiger charge is -2.26. The Labute approximate surface area is 85.2 Å². The summed E-state index contributed by atoms with van der Waals surface area (Å²) in [6.07, 6.45) is 1.37. The van der Waals surface area contributed by atoms with Gasteiger partial charge in [0.05, 0.1) is 0 Å². The zero-order valence-corrected chi connectivity index (χ0v) is 9.39. The Kier molecular flexibility index (Phi) is 2.86. The van der Waals surface area contributed by atoms with Gasteiger partial charge in [-0.15, -0.1) is 0 Å². The quantitative estimate of drug-likeness (QED) is 0.689. The van der Waals surface area contributed by atoms with E-state index in [1.165, 1.54) is 18.7 Å². The van der Waals surface area contributed by atoms with Crippen LogP contribution in [0.3, 0.4) is 0 Å². The van der Waals surface area contributed by atoms with E-state index < -0.39 is 0 Å². The van der Waals surface area contributed by atoms with Crippen LogP contribution >= 0.6 is 11.8 Å². The molecular formula is C10H20N2S. The zero-order chi connectivity index (χ0) is 9.42. The van der Waals surface area contributed by atoms with Crippen molar-refractivity contribution in [1.29, 1.82) is 0 Å². The molecule has 4 unspecified atom stereocenters. The van der Waals surface area contributed by atoms with Crippen molar-refractivity contribution in [2.45, 2.75) is 37.6 Å². The number of hydrogen-bond donors (Lipinski definition) is 1. The van der Waals surface area contributed by atoms with Crippen LogP contribution in [0.4, 0.5) is 0 Å². The molecule has 0 bridgehead atoms. The van der Waals surface area contributed by atoms with E-state index in [0.717, 1.165) is 17.8 Å². The zero-order valence-electron chi connectivity index (χ0n) is 8.57. The second kappa shape index (κ2) is 3.79. The Morgan fingerprint density at radius 3 is 2.54 bits per heavy atom. The highest BCUT2D eigenvalue weighted by atomic mass is 32.2. The van der Waals surface area contributed by atoms with Crippen LogP contribution in [-0.2, 0) is 0 Å². The molecule has 4 atom stereocenters. The Hall–Kier alpha value is 0.270. The first-order valence-electron chi connectivity index (χ1n) is 5.29. The molecule has 2 aliphatic rings. The van der Waals surface area contributed by atoms with E-state index in [1.54, 1.807) is 0 Å². The molecule has 76 valence electrons. The normalized spacial score (nSPS) is 47.3. The standard InChI is InChI=1S/C10H20N2S/c1-7-5-12(6-9(7)11)10-3-4-13-8(10)2/h7-10H,3-6,11H2,1-2H3. The van der Waals surface area contributed by atoms with Gasteiger partial charge in [-0.05, 0) is 18.1 Å². The van der Waals surface area contributed by atoms with E-state index in [-0.39, 0.29) is 0 Å². The molecule has 0 spiro atoms. The van der Waals surface area contributed by atoms with Gasteiger partial charge < -0.3 is 5.73 Å². The number of thioether (sulfide) groups is 1. The highest BCUT2D eigenvalue weighted by Gasteiger charge is 2.36. The predicted octanol–water partition coefficient (Wildman–Crippen LogP) is 1.16. The maximum Gasteiger partial charge on any atom is 0.0220 e. The highest BCUT2D eigenvalue weighted by Crippen LogP contribution is 2.32. The molecule has 0 saturated carbocycles. The summed E-state index contributed by atoms with van der Waals surface area (Å²) in [6.45, 7) is 6.97. The van der Waals surface area contributed by atoms with Crippen molar-refractivity contribution in [1.82, 2.24) is 4.90 Å². The maximum atomic E-state index is 6.03. The lowest BCUT2D eigenvalue weighted by atomic mass is 10.1. The molecule has 3 heteroatoms. The maximum absolute atomic E-state index is 6.03. The number of likely N-dealkylation sites (tertiary alicyclic amines) is 1. The molecule has 2 fully saturated rings. The lowest BCUT2D eigenvalue weighted by molar-refractivity contribution is 0.235. The second-order valence-electron chi connectivity index (χ2n) is 4.53. The van der Waals surface area contributed by atoms with Crippen LogP contribution in [0.1, 0.15) is 20.3 Å². The fourth-order valence-corrected chi connectivity index (χ4v) is 3.78. The molecule has 0 amide bonds. The van der Waals surface area contributed by atoms with Crippen molar-refractivity contribution >= 4 is 11.8 Å². The summed E-state index contributed by atoms with van der Waals surface area (Å²) in [5.41, 5.74) is 6.03. The van der Waals surface area contributed by atoms with E-state index in [1.807, 2.05) is 0 Å². The van der Waals surface area contributed by atoms with Gasteiger partial charge in [-0.3, -0.25) is 4.90 Å². The van der Waals surface area contributed by atoms with Crippen LogP contribution in [0.25, 0.3) is 0 Å². The third kappa shape index (κ3) is 1.88. The molecule has 0 aromatic heterocycles. The summed E-state index contributed by atoms with van der Waals surface area (Å²) in [5, 5.41) is 0.817. The smallest absolute Gasteiger partial charge is 0.0220 e. The first kappa shape index (κ1) is 9.81. The Morgan fingerprint density at radius 2 is 2.08 bits per heavy atom. The molecule has 2 nitrogen and oxygen atoms in total. The first-order valence-corrected chi connectivity index (χ1v) is 6.34. The molecule has 13 heavy (non-hydrogen) atoms. The second-order valence-corrected chi connectivity index (χ2v) is 6.01. The summed E-state index contributed by atoms with van der Waals surface area (Å²) in [4.78, 5) is 2.61. The molecule has 0 aromatic rings. The molecule has 2 heterocycles. The molecular weight excluding hydrogens is 180 g/mol. The SMILES string of the molecule is CC1CN(C2CCSC2C)CC1N. The highest BCUT2D eigenvalue weighted by molar-refractivity contribution is 8.00. The van der Waals surface area contributed by atoms with Crippen LogP contribution in [-0.4, -0.2) is 41.1 Å². The average molecular weight is 200 g/mol. The van der Waals surface area contributed by atoms with Gasteiger partial charge >= 0.3 is 0 Å². The van der Waals surface area contributed by atoms with Crippen molar-refractivity contribution < 1.29 is 0 Å². The minimum atomic E-state index is 0.415. The predicted molar refractivity (Wildman–Crippen MR) is 59.0 cm³/mol. The topological polar surface area (TPSA) is 29.3 Å². The molecule has 0 radical (unpaired) electrons. The molecule has 2 rings (SSSR count). The summed E-state index contributed by atoms with van der Waals surface area (Å²) in [6, 6.07) is 1.22. The van der Waals surface area contributed by atoms with Gasteiger partial charge in [0.25, 0.3) is 0 Å².